The molecule has 2 N–H and O–H groups in total. The second kappa shape index (κ2) is 9.34. The van der Waals surface area contributed by atoms with Crippen molar-refractivity contribution in [2.45, 2.75) is 24.8 Å². The summed E-state index contributed by atoms with van der Waals surface area (Å²) in [5.74, 6) is -0.675. The Morgan fingerprint density at radius 1 is 1.11 bits per heavy atom. The van der Waals surface area contributed by atoms with E-state index >= 15 is 0 Å². The number of esters is 1. The van der Waals surface area contributed by atoms with E-state index in [0.717, 1.165) is 0 Å². The molecule has 150 valence electrons. The molecule has 0 heterocycles. The minimum absolute atomic E-state index is 0.0306. The number of benzene rings is 2. The highest BCUT2D eigenvalue weighted by atomic mass is 32.2. The molecular formula is C19H22N2O6S. The fourth-order valence-electron chi connectivity index (χ4n) is 2.26. The second-order valence-electron chi connectivity index (χ2n) is 5.79. The van der Waals surface area contributed by atoms with Gasteiger partial charge in [0.05, 0.1) is 17.6 Å². The zero-order chi connectivity index (χ0) is 20.7. The number of nitrogens with one attached hydrogen (secondary N) is 2. The van der Waals surface area contributed by atoms with Gasteiger partial charge in [-0.05, 0) is 49.4 Å². The molecule has 9 heteroatoms. The molecule has 28 heavy (non-hydrogen) atoms. The van der Waals surface area contributed by atoms with Gasteiger partial charge in [-0.25, -0.2) is 17.9 Å². The Balaban J connectivity index is 2.04. The maximum atomic E-state index is 12.3. The molecule has 0 fully saturated rings. The Kier molecular flexibility index (Phi) is 7.13. The Morgan fingerprint density at radius 3 is 2.39 bits per heavy atom. The maximum Gasteiger partial charge on any atom is 0.338 e. The summed E-state index contributed by atoms with van der Waals surface area (Å²) in [6.45, 7) is 3.30. The van der Waals surface area contributed by atoms with Crippen molar-refractivity contribution in [2.75, 3.05) is 19.0 Å². The number of rotatable bonds is 8. The van der Waals surface area contributed by atoms with E-state index in [-0.39, 0.29) is 17.0 Å². The lowest BCUT2D eigenvalue weighted by Gasteiger charge is -2.14. The number of carbonyl (C=O) groups is 2. The van der Waals surface area contributed by atoms with Gasteiger partial charge in [0, 0.05) is 12.2 Å². The Morgan fingerprint density at radius 2 is 1.79 bits per heavy atom. The number of anilines is 1. The molecule has 2 aromatic rings. The predicted molar refractivity (Wildman–Crippen MR) is 104 cm³/mol. The third-order valence-corrected chi connectivity index (χ3v) is 5.27. The fraction of sp³-hybridized carbons (Fsp3) is 0.263. The monoisotopic (exact) mass is 406 g/mol. The molecule has 0 aliphatic carbocycles. The van der Waals surface area contributed by atoms with E-state index in [0.29, 0.717) is 11.4 Å². The van der Waals surface area contributed by atoms with Crippen molar-refractivity contribution in [3.05, 3.63) is 54.1 Å². The summed E-state index contributed by atoms with van der Waals surface area (Å²) in [6, 6.07) is 12.1. The van der Waals surface area contributed by atoms with Crippen LogP contribution >= 0.6 is 0 Å². The number of ether oxygens (including phenoxy) is 2. The number of hydrogen-bond donors (Lipinski definition) is 2. The topological polar surface area (TPSA) is 111 Å². The molecule has 0 spiro atoms. The van der Waals surface area contributed by atoms with Crippen LogP contribution < -0.4 is 14.8 Å². The molecule has 1 amide bonds. The molecule has 2 aromatic carbocycles. The summed E-state index contributed by atoms with van der Waals surface area (Å²) >= 11 is 0. The number of methoxy groups -OCH3 is 1. The summed E-state index contributed by atoms with van der Waals surface area (Å²) in [5, 5.41) is 2.62. The van der Waals surface area contributed by atoms with Crippen LogP contribution in [0.3, 0.4) is 0 Å². The van der Waals surface area contributed by atoms with Crippen LogP contribution in [0.25, 0.3) is 0 Å². The molecule has 0 radical (unpaired) electrons. The summed E-state index contributed by atoms with van der Waals surface area (Å²) in [4.78, 5) is 24.5. The van der Waals surface area contributed by atoms with E-state index in [9.17, 15) is 18.0 Å². The van der Waals surface area contributed by atoms with Gasteiger partial charge in [-0.2, -0.15) is 0 Å². The van der Waals surface area contributed by atoms with Gasteiger partial charge in [0.15, 0.2) is 6.10 Å². The van der Waals surface area contributed by atoms with Crippen LogP contribution in [0.15, 0.2) is 53.4 Å². The normalized spacial score (nSPS) is 12.1. The first-order chi connectivity index (χ1) is 13.3. The van der Waals surface area contributed by atoms with Crippen molar-refractivity contribution in [1.29, 1.82) is 0 Å². The van der Waals surface area contributed by atoms with E-state index in [4.69, 9.17) is 9.47 Å². The molecule has 0 saturated heterocycles. The summed E-state index contributed by atoms with van der Waals surface area (Å²) in [6.07, 6.45) is -1.08. The molecule has 1 atom stereocenters. The molecule has 0 aliphatic rings. The minimum Gasteiger partial charge on any atom is -0.497 e. The molecule has 0 saturated carbocycles. The van der Waals surface area contributed by atoms with Gasteiger partial charge in [0.25, 0.3) is 5.91 Å². The van der Waals surface area contributed by atoms with Crippen molar-refractivity contribution in [2.24, 2.45) is 0 Å². The van der Waals surface area contributed by atoms with Crippen molar-refractivity contribution in [3.8, 4) is 5.75 Å². The zero-order valence-electron chi connectivity index (χ0n) is 15.8. The second-order valence-corrected chi connectivity index (χ2v) is 7.56. The molecule has 8 nitrogen and oxygen atoms in total. The van der Waals surface area contributed by atoms with Crippen LogP contribution in [0.1, 0.15) is 24.2 Å². The first kappa shape index (κ1) is 21.4. The molecule has 1 unspecified atom stereocenters. The zero-order valence-corrected chi connectivity index (χ0v) is 16.6. The predicted octanol–water partition coefficient (Wildman–Crippen LogP) is 2.18. The fourth-order valence-corrected chi connectivity index (χ4v) is 3.35. The van der Waals surface area contributed by atoms with Crippen LogP contribution in [-0.2, 0) is 19.6 Å². The Hall–Kier alpha value is -2.91. The van der Waals surface area contributed by atoms with Crippen LogP contribution in [0.5, 0.6) is 5.75 Å². The minimum atomic E-state index is -3.70. The maximum absolute atomic E-state index is 12.3. The number of amides is 1. The highest BCUT2D eigenvalue weighted by molar-refractivity contribution is 7.89. The lowest BCUT2D eigenvalue weighted by Crippen LogP contribution is -2.30. The van der Waals surface area contributed by atoms with Crippen molar-refractivity contribution < 1.29 is 27.5 Å². The van der Waals surface area contributed by atoms with E-state index in [2.05, 4.69) is 10.0 Å². The summed E-state index contributed by atoms with van der Waals surface area (Å²) < 4.78 is 36.6. The van der Waals surface area contributed by atoms with Gasteiger partial charge in [-0.3, -0.25) is 4.79 Å². The first-order valence-electron chi connectivity index (χ1n) is 8.52. The lowest BCUT2D eigenvalue weighted by molar-refractivity contribution is -0.123. The van der Waals surface area contributed by atoms with E-state index < -0.39 is 28.0 Å². The van der Waals surface area contributed by atoms with E-state index in [1.165, 1.54) is 38.3 Å². The standard InChI is InChI=1S/C19H22N2O6S/c1-4-20-28(24,25)17-7-5-6-14(12-17)19(23)27-13(2)18(22)21-15-8-10-16(26-3)11-9-15/h5-13,20H,4H2,1-3H3,(H,21,22). The van der Waals surface area contributed by atoms with E-state index in [1.807, 2.05) is 0 Å². The molecular weight excluding hydrogens is 384 g/mol. The SMILES string of the molecule is CCNS(=O)(=O)c1cccc(C(=O)OC(C)C(=O)Nc2ccc(OC)cc2)c1. The van der Waals surface area contributed by atoms with Crippen molar-refractivity contribution in [3.63, 3.8) is 0 Å². The third kappa shape index (κ3) is 5.54. The van der Waals surface area contributed by atoms with Crippen LogP contribution in [0, 0.1) is 0 Å². The summed E-state index contributed by atoms with van der Waals surface area (Å²) in [5.41, 5.74) is 0.551. The third-order valence-electron chi connectivity index (χ3n) is 3.72. The molecule has 0 bridgehead atoms. The van der Waals surface area contributed by atoms with Gasteiger partial charge >= 0.3 is 5.97 Å². The highest BCUT2D eigenvalue weighted by Crippen LogP contribution is 2.16. The average Bonchev–Trinajstić information content (AvgIpc) is 2.68. The average molecular weight is 406 g/mol. The Bertz CT molecular complexity index is 941. The van der Waals surface area contributed by atoms with Crippen molar-refractivity contribution >= 4 is 27.6 Å². The van der Waals surface area contributed by atoms with Gasteiger partial charge in [0.2, 0.25) is 10.0 Å². The molecule has 0 aliphatic heterocycles. The van der Waals surface area contributed by atoms with Gasteiger partial charge in [-0.15, -0.1) is 0 Å². The smallest absolute Gasteiger partial charge is 0.338 e. The van der Waals surface area contributed by atoms with Crippen LogP contribution in [0.2, 0.25) is 0 Å². The van der Waals surface area contributed by atoms with Crippen LogP contribution in [0.4, 0.5) is 5.69 Å². The largest absolute Gasteiger partial charge is 0.497 e. The highest BCUT2D eigenvalue weighted by Gasteiger charge is 2.21. The quantitative estimate of drug-likeness (QED) is 0.650. The van der Waals surface area contributed by atoms with Gasteiger partial charge < -0.3 is 14.8 Å². The van der Waals surface area contributed by atoms with Crippen LogP contribution in [-0.4, -0.2) is 40.1 Å². The Labute approximate surface area is 163 Å². The van der Waals surface area contributed by atoms with Gasteiger partial charge in [0.1, 0.15) is 5.75 Å². The van der Waals surface area contributed by atoms with E-state index in [1.54, 1.807) is 31.2 Å². The number of carbonyl (C=O) groups excluding carboxylic acids is 2. The number of hydrogen-bond acceptors (Lipinski definition) is 6. The number of sulfonamides is 1. The molecule has 0 aromatic heterocycles. The molecule has 2 rings (SSSR count). The lowest BCUT2D eigenvalue weighted by atomic mass is 10.2. The van der Waals surface area contributed by atoms with Crippen molar-refractivity contribution in [1.82, 2.24) is 4.72 Å². The summed E-state index contributed by atoms with van der Waals surface area (Å²) in [7, 11) is -2.17. The van der Waals surface area contributed by atoms with Gasteiger partial charge in [-0.1, -0.05) is 13.0 Å². The first-order valence-corrected chi connectivity index (χ1v) is 10.0.